The molecule has 2 N–H and O–H groups in total. The molecule has 1 amide bonds. The van der Waals surface area contributed by atoms with E-state index in [4.69, 9.17) is 9.63 Å². The van der Waals surface area contributed by atoms with Crippen molar-refractivity contribution in [3.05, 3.63) is 23.5 Å². The van der Waals surface area contributed by atoms with Crippen LogP contribution in [0.2, 0.25) is 0 Å². The number of aromatic nitrogens is 2. The van der Waals surface area contributed by atoms with Gasteiger partial charge >= 0.3 is 5.97 Å². The Morgan fingerprint density at radius 1 is 1.52 bits per heavy atom. The minimum absolute atomic E-state index is 0.282. The average Bonchev–Trinajstić information content (AvgIpc) is 2.84. The topological polar surface area (TPSA) is 105 Å². The molecule has 0 saturated carbocycles. The molecular weight excluding hydrogens is 294 g/mol. The summed E-state index contributed by atoms with van der Waals surface area (Å²) in [5.74, 6) is -0.870. The largest absolute Gasteiger partial charge is 0.480 e. The van der Waals surface area contributed by atoms with Crippen LogP contribution in [0.1, 0.15) is 22.5 Å². The fraction of sp³-hybridized carbons (Fsp3) is 0.385. The predicted molar refractivity (Wildman–Crippen MR) is 78.4 cm³/mol. The highest BCUT2D eigenvalue weighted by molar-refractivity contribution is 7.98. The summed E-state index contributed by atoms with van der Waals surface area (Å²) in [4.78, 5) is 27.3. The number of pyridine rings is 1. The molecule has 112 valence electrons. The molecule has 2 aromatic rings. The van der Waals surface area contributed by atoms with Gasteiger partial charge in [-0.3, -0.25) is 4.79 Å². The van der Waals surface area contributed by atoms with Crippen molar-refractivity contribution in [2.24, 2.45) is 0 Å². The van der Waals surface area contributed by atoms with Gasteiger partial charge in [0.1, 0.15) is 6.04 Å². The summed E-state index contributed by atoms with van der Waals surface area (Å²) >= 11 is 1.53. The van der Waals surface area contributed by atoms with Gasteiger partial charge in [-0.2, -0.15) is 11.8 Å². The highest BCUT2D eigenvalue weighted by Gasteiger charge is 2.21. The van der Waals surface area contributed by atoms with Crippen LogP contribution in [-0.2, 0) is 4.79 Å². The lowest BCUT2D eigenvalue weighted by atomic mass is 10.1. The van der Waals surface area contributed by atoms with E-state index >= 15 is 0 Å². The normalized spacial score (nSPS) is 12.3. The summed E-state index contributed by atoms with van der Waals surface area (Å²) in [6.45, 7) is 1.74. The van der Waals surface area contributed by atoms with Gasteiger partial charge in [0, 0.05) is 6.20 Å². The molecule has 0 aromatic carbocycles. The van der Waals surface area contributed by atoms with E-state index in [1.54, 1.807) is 13.0 Å². The maximum atomic E-state index is 12.1. The molecule has 0 aliphatic heterocycles. The van der Waals surface area contributed by atoms with Gasteiger partial charge in [0.25, 0.3) is 11.6 Å². The van der Waals surface area contributed by atoms with Gasteiger partial charge in [-0.15, -0.1) is 0 Å². The van der Waals surface area contributed by atoms with Crippen LogP contribution < -0.4 is 5.32 Å². The molecule has 7 nitrogen and oxygen atoms in total. The van der Waals surface area contributed by atoms with Gasteiger partial charge in [0.05, 0.1) is 16.6 Å². The number of hydrogen-bond donors (Lipinski definition) is 2. The fourth-order valence-corrected chi connectivity index (χ4v) is 2.28. The van der Waals surface area contributed by atoms with Crippen molar-refractivity contribution in [1.29, 1.82) is 0 Å². The molecule has 8 heteroatoms. The van der Waals surface area contributed by atoms with Gasteiger partial charge in [-0.1, -0.05) is 5.16 Å². The second-order valence-corrected chi connectivity index (χ2v) is 5.48. The lowest BCUT2D eigenvalue weighted by Crippen LogP contribution is -2.41. The van der Waals surface area contributed by atoms with Crippen molar-refractivity contribution in [1.82, 2.24) is 15.5 Å². The molecule has 0 bridgehead atoms. The van der Waals surface area contributed by atoms with E-state index in [-0.39, 0.29) is 5.56 Å². The zero-order valence-corrected chi connectivity index (χ0v) is 12.4. The van der Waals surface area contributed by atoms with E-state index in [2.05, 4.69) is 15.5 Å². The molecule has 0 aliphatic rings. The van der Waals surface area contributed by atoms with Crippen molar-refractivity contribution >= 4 is 34.7 Å². The Kier molecular flexibility index (Phi) is 4.79. The molecule has 2 heterocycles. The van der Waals surface area contributed by atoms with Crippen LogP contribution >= 0.6 is 11.8 Å². The first kappa shape index (κ1) is 15.3. The summed E-state index contributed by atoms with van der Waals surface area (Å²) in [6, 6.07) is 0.681. The fourth-order valence-electron chi connectivity index (χ4n) is 1.80. The Labute approximate surface area is 125 Å². The van der Waals surface area contributed by atoms with Crippen molar-refractivity contribution in [3.8, 4) is 0 Å². The Bertz CT molecular complexity index is 670. The van der Waals surface area contributed by atoms with E-state index in [0.29, 0.717) is 29.0 Å². The number of thioether (sulfide) groups is 1. The maximum absolute atomic E-state index is 12.1. The SMILES string of the molecule is CSCCC(NC(=O)c1cnc2onc(C)c2c1)C(=O)O. The molecule has 0 fully saturated rings. The molecule has 0 radical (unpaired) electrons. The first-order chi connectivity index (χ1) is 10.0. The molecular formula is C13H15N3O4S. The Hall–Kier alpha value is -2.09. The second-order valence-electron chi connectivity index (χ2n) is 4.49. The molecule has 21 heavy (non-hydrogen) atoms. The number of carboxylic acid groups (broad SMARTS) is 1. The standard InChI is InChI=1S/C13H15N3O4S/c1-7-9-5-8(6-14-12(9)20-16-7)11(17)15-10(13(18)19)3-4-21-2/h5-6,10H,3-4H2,1-2H3,(H,15,17)(H,18,19). The summed E-state index contributed by atoms with van der Waals surface area (Å²) < 4.78 is 4.97. The van der Waals surface area contributed by atoms with E-state index in [9.17, 15) is 9.59 Å². The lowest BCUT2D eigenvalue weighted by Gasteiger charge is -2.13. The first-order valence-electron chi connectivity index (χ1n) is 6.27. The maximum Gasteiger partial charge on any atom is 0.326 e. The second kappa shape index (κ2) is 6.57. The summed E-state index contributed by atoms with van der Waals surface area (Å²) in [6.07, 6.45) is 3.59. The van der Waals surface area contributed by atoms with Crippen LogP contribution in [0.4, 0.5) is 0 Å². The first-order valence-corrected chi connectivity index (χ1v) is 7.67. The third-order valence-electron chi connectivity index (χ3n) is 2.99. The zero-order valence-electron chi connectivity index (χ0n) is 11.6. The van der Waals surface area contributed by atoms with Crippen LogP contribution in [0.5, 0.6) is 0 Å². The Morgan fingerprint density at radius 3 is 2.95 bits per heavy atom. The van der Waals surface area contributed by atoms with Crippen LogP contribution in [0.25, 0.3) is 11.1 Å². The minimum Gasteiger partial charge on any atom is -0.480 e. The summed E-state index contributed by atoms with van der Waals surface area (Å²) in [5.41, 5.74) is 1.26. The number of carbonyl (C=O) groups is 2. The minimum atomic E-state index is -1.05. The molecule has 2 rings (SSSR count). The van der Waals surface area contributed by atoms with Gasteiger partial charge < -0.3 is 14.9 Å². The van der Waals surface area contributed by atoms with E-state index in [1.807, 2.05) is 6.26 Å². The monoisotopic (exact) mass is 309 g/mol. The lowest BCUT2D eigenvalue weighted by molar-refractivity contribution is -0.139. The molecule has 2 aromatic heterocycles. The Balaban J connectivity index is 2.16. The van der Waals surface area contributed by atoms with Gasteiger partial charge in [-0.05, 0) is 31.4 Å². The van der Waals surface area contributed by atoms with Crippen LogP contribution in [0.15, 0.2) is 16.8 Å². The van der Waals surface area contributed by atoms with E-state index in [0.717, 1.165) is 0 Å². The molecule has 0 aliphatic carbocycles. The third kappa shape index (κ3) is 3.52. The number of nitrogens with zero attached hydrogens (tertiary/aromatic N) is 2. The number of rotatable bonds is 6. The molecule has 0 spiro atoms. The van der Waals surface area contributed by atoms with E-state index in [1.165, 1.54) is 18.0 Å². The average molecular weight is 309 g/mol. The number of carboxylic acids is 1. The van der Waals surface area contributed by atoms with Crippen LogP contribution in [-0.4, -0.2) is 45.2 Å². The van der Waals surface area contributed by atoms with Crippen molar-refractivity contribution in [2.75, 3.05) is 12.0 Å². The van der Waals surface area contributed by atoms with Crippen LogP contribution in [0, 0.1) is 6.92 Å². The summed E-state index contributed by atoms with van der Waals surface area (Å²) in [5, 5.41) is 16.0. The number of fused-ring (bicyclic) bond motifs is 1. The number of aliphatic carboxylic acids is 1. The van der Waals surface area contributed by atoms with Gasteiger partial charge in [0.15, 0.2) is 0 Å². The molecule has 0 saturated heterocycles. The number of hydrogen-bond acceptors (Lipinski definition) is 6. The number of amides is 1. The zero-order chi connectivity index (χ0) is 15.4. The van der Waals surface area contributed by atoms with Crippen molar-refractivity contribution in [3.63, 3.8) is 0 Å². The highest BCUT2D eigenvalue weighted by atomic mass is 32.2. The van der Waals surface area contributed by atoms with Crippen molar-refractivity contribution in [2.45, 2.75) is 19.4 Å². The third-order valence-corrected chi connectivity index (χ3v) is 3.63. The Morgan fingerprint density at radius 2 is 2.29 bits per heavy atom. The summed E-state index contributed by atoms with van der Waals surface area (Å²) in [7, 11) is 0. The van der Waals surface area contributed by atoms with E-state index < -0.39 is 17.9 Å². The smallest absolute Gasteiger partial charge is 0.326 e. The van der Waals surface area contributed by atoms with Crippen LogP contribution in [0.3, 0.4) is 0 Å². The quantitative estimate of drug-likeness (QED) is 0.832. The van der Waals surface area contributed by atoms with Gasteiger partial charge in [0.2, 0.25) is 0 Å². The number of nitrogens with one attached hydrogen (secondary N) is 1. The van der Waals surface area contributed by atoms with Gasteiger partial charge in [-0.25, -0.2) is 9.78 Å². The number of carbonyl (C=O) groups excluding carboxylic acids is 1. The molecule has 1 unspecified atom stereocenters. The van der Waals surface area contributed by atoms with Crippen molar-refractivity contribution < 1.29 is 19.2 Å². The number of aryl methyl sites for hydroxylation is 1. The highest BCUT2D eigenvalue weighted by Crippen LogP contribution is 2.16. The predicted octanol–water partition coefficient (Wildman–Crippen LogP) is 1.47. The molecule has 1 atom stereocenters.